The van der Waals surface area contributed by atoms with E-state index in [-0.39, 0.29) is 5.83 Å². The standard InChI is InChI=1S/C6H10FN/c1-5(2)8-4-6(3)7/h4H,1-3H3. The molecule has 0 radical (unpaired) electrons. The molecule has 0 rings (SSSR count). The van der Waals surface area contributed by atoms with Gasteiger partial charge in [0.2, 0.25) is 0 Å². The summed E-state index contributed by atoms with van der Waals surface area (Å²) in [6.07, 6.45) is 1.20. The smallest absolute Gasteiger partial charge is 0.115 e. The van der Waals surface area contributed by atoms with Crippen LogP contribution in [0, 0.1) is 0 Å². The van der Waals surface area contributed by atoms with Gasteiger partial charge in [0.05, 0.1) is 6.20 Å². The molecule has 0 unspecified atom stereocenters. The fourth-order valence-electron chi connectivity index (χ4n) is 0.218. The normalized spacial score (nSPS) is 11.2. The fraction of sp³-hybridized carbons (Fsp3) is 0.500. The SMILES string of the molecule is CC(F)=CN=C(C)C. The van der Waals surface area contributed by atoms with Crippen molar-refractivity contribution in [1.29, 1.82) is 0 Å². The molecule has 0 saturated carbocycles. The van der Waals surface area contributed by atoms with Gasteiger partial charge in [-0.3, -0.25) is 4.99 Å². The van der Waals surface area contributed by atoms with Gasteiger partial charge in [0.1, 0.15) is 5.83 Å². The second-order valence-electron chi connectivity index (χ2n) is 1.79. The summed E-state index contributed by atoms with van der Waals surface area (Å²) in [5.74, 6) is -0.258. The molecule has 46 valence electrons. The Labute approximate surface area is 48.9 Å². The highest BCUT2D eigenvalue weighted by molar-refractivity contribution is 5.79. The Morgan fingerprint density at radius 2 is 1.88 bits per heavy atom. The maximum absolute atomic E-state index is 11.8. The van der Waals surface area contributed by atoms with Gasteiger partial charge in [0.15, 0.2) is 0 Å². The molecule has 0 amide bonds. The zero-order chi connectivity index (χ0) is 6.57. The van der Waals surface area contributed by atoms with Crippen molar-refractivity contribution in [3.8, 4) is 0 Å². The topological polar surface area (TPSA) is 12.4 Å². The van der Waals surface area contributed by atoms with Crippen molar-refractivity contribution in [1.82, 2.24) is 0 Å². The van der Waals surface area contributed by atoms with Crippen LogP contribution in [0.2, 0.25) is 0 Å². The molecule has 0 aromatic rings. The van der Waals surface area contributed by atoms with Crippen molar-refractivity contribution >= 4 is 5.71 Å². The predicted octanol–water partition coefficient (Wildman–Crippen LogP) is 2.30. The lowest BCUT2D eigenvalue weighted by Crippen LogP contribution is -1.75. The Morgan fingerprint density at radius 1 is 1.38 bits per heavy atom. The minimum Gasteiger partial charge on any atom is -0.264 e. The van der Waals surface area contributed by atoms with Crippen molar-refractivity contribution in [3.63, 3.8) is 0 Å². The molecule has 0 N–H and O–H groups in total. The molecule has 0 aliphatic carbocycles. The molecule has 2 heteroatoms. The van der Waals surface area contributed by atoms with Gasteiger partial charge in [-0.25, -0.2) is 4.39 Å². The first-order chi connectivity index (χ1) is 3.63. The Morgan fingerprint density at radius 3 is 2.00 bits per heavy atom. The molecule has 0 aliphatic rings. The highest BCUT2D eigenvalue weighted by Gasteiger charge is 1.76. The minimum atomic E-state index is -0.258. The van der Waals surface area contributed by atoms with Gasteiger partial charge in [-0.1, -0.05) is 0 Å². The molecule has 0 heterocycles. The van der Waals surface area contributed by atoms with Crippen molar-refractivity contribution in [2.24, 2.45) is 4.99 Å². The van der Waals surface area contributed by atoms with Crippen LogP contribution >= 0.6 is 0 Å². The van der Waals surface area contributed by atoms with Crippen LogP contribution in [0.5, 0.6) is 0 Å². The molecule has 0 aliphatic heterocycles. The minimum absolute atomic E-state index is 0.258. The maximum Gasteiger partial charge on any atom is 0.115 e. The summed E-state index contributed by atoms with van der Waals surface area (Å²) in [6.45, 7) is 5.01. The van der Waals surface area contributed by atoms with Gasteiger partial charge in [-0.15, -0.1) is 0 Å². The third kappa shape index (κ3) is 5.34. The van der Waals surface area contributed by atoms with E-state index in [1.54, 1.807) is 0 Å². The van der Waals surface area contributed by atoms with Crippen molar-refractivity contribution in [2.45, 2.75) is 20.8 Å². The zero-order valence-electron chi connectivity index (χ0n) is 5.40. The van der Waals surface area contributed by atoms with Crippen LogP contribution in [-0.4, -0.2) is 5.71 Å². The van der Waals surface area contributed by atoms with Gasteiger partial charge in [-0.2, -0.15) is 0 Å². The third-order valence-corrected chi connectivity index (χ3v) is 0.501. The number of hydrogen-bond donors (Lipinski definition) is 0. The summed E-state index contributed by atoms with van der Waals surface area (Å²) in [5.41, 5.74) is 0.863. The van der Waals surface area contributed by atoms with E-state index in [1.807, 2.05) is 13.8 Å². The van der Waals surface area contributed by atoms with Crippen LogP contribution in [0.3, 0.4) is 0 Å². The Balaban J connectivity index is 3.76. The second-order valence-corrected chi connectivity index (χ2v) is 1.79. The van der Waals surface area contributed by atoms with Gasteiger partial charge in [-0.05, 0) is 20.8 Å². The molecule has 0 bridgehead atoms. The zero-order valence-corrected chi connectivity index (χ0v) is 5.40. The lowest BCUT2D eigenvalue weighted by atomic mass is 10.5. The summed E-state index contributed by atoms with van der Waals surface area (Å²) in [4.78, 5) is 3.70. The average molecular weight is 115 g/mol. The number of rotatable bonds is 1. The first-order valence-electron chi connectivity index (χ1n) is 2.46. The molecular weight excluding hydrogens is 105 g/mol. The number of hydrogen-bond acceptors (Lipinski definition) is 1. The number of halogens is 1. The summed E-state index contributed by atoms with van der Waals surface area (Å²) >= 11 is 0. The highest BCUT2D eigenvalue weighted by Crippen LogP contribution is 1.92. The molecule has 0 fully saturated rings. The highest BCUT2D eigenvalue weighted by atomic mass is 19.1. The van der Waals surface area contributed by atoms with E-state index in [2.05, 4.69) is 4.99 Å². The lowest BCUT2D eigenvalue weighted by Gasteiger charge is -1.81. The maximum atomic E-state index is 11.8. The van der Waals surface area contributed by atoms with E-state index in [0.717, 1.165) is 5.71 Å². The van der Waals surface area contributed by atoms with E-state index in [0.29, 0.717) is 0 Å². The predicted molar refractivity (Wildman–Crippen MR) is 33.6 cm³/mol. The number of allylic oxidation sites excluding steroid dienone is 1. The van der Waals surface area contributed by atoms with E-state index < -0.39 is 0 Å². The quantitative estimate of drug-likeness (QED) is 0.465. The van der Waals surface area contributed by atoms with E-state index in [9.17, 15) is 4.39 Å². The van der Waals surface area contributed by atoms with E-state index in [1.165, 1.54) is 13.1 Å². The first kappa shape index (κ1) is 7.34. The lowest BCUT2D eigenvalue weighted by molar-refractivity contribution is 0.637. The Hall–Kier alpha value is -0.660. The molecule has 0 aromatic heterocycles. The number of nitrogens with zero attached hydrogens (tertiary/aromatic N) is 1. The summed E-state index contributed by atoms with van der Waals surface area (Å²) in [7, 11) is 0. The van der Waals surface area contributed by atoms with Crippen molar-refractivity contribution in [2.75, 3.05) is 0 Å². The van der Waals surface area contributed by atoms with E-state index in [4.69, 9.17) is 0 Å². The molecule has 0 spiro atoms. The molecular formula is C6H10FN. The van der Waals surface area contributed by atoms with Crippen LogP contribution < -0.4 is 0 Å². The molecule has 0 aromatic carbocycles. The monoisotopic (exact) mass is 115 g/mol. The van der Waals surface area contributed by atoms with Gasteiger partial charge in [0.25, 0.3) is 0 Å². The Bertz CT molecular complexity index is 100. The third-order valence-electron chi connectivity index (χ3n) is 0.501. The summed E-state index contributed by atoms with van der Waals surface area (Å²) < 4.78 is 11.8. The van der Waals surface area contributed by atoms with Crippen LogP contribution in [0.1, 0.15) is 20.8 Å². The van der Waals surface area contributed by atoms with Gasteiger partial charge >= 0.3 is 0 Å². The second kappa shape index (κ2) is 3.36. The van der Waals surface area contributed by atoms with Crippen LogP contribution in [0.4, 0.5) is 4.39 Å². The van der Waals surface area contributed by atoms with Crippen LogP contribution in [-0.2, 0) is 0 Å². The fourth-order valence-corrected chi connectivity index (χ4v) is 0.218. The van der Waals surface area contributed by atoms with Gasteiger partial charge in [0, 0.05) is 5.71 Å². The first-order valence-corrected chi connectivity index (χ1v) is 2.46. The molecule has 1 nitrogen and oxygen atoms in total. The molecule has 0 atom stereocenters. The molecule has 8 heavy (non-hydrogen) atoms. The van der Waals surface area contributed by atoms with Crippen LogP contribution in [0.25, 0.3) is 0 Å². The van der Waals surface area contributed by atoms with Crippen molar-refractivity contribution in [3.05, 3.63) is 12.0 Å². The Kier molecular flexibility index (Phi) is 3.08. The molecule has 0 saturated heterocycles. The number of aliphatic imine (C=N–C) groups is 1. The average Bonchev–Trinajstić information content (AvgIpc) is 1.61. The largest absolute Gasteiger partial charge is 0.264 e. The van der Waals surface area contributed by atoms with E-state index >= 15 is 0 Å². The van der Waals surface area contributed by atoms with Crippen molar-refractivity contribution < 1.29 is 4.39 Å². The van der Waals surface area contributed by atoms with Crippen LogP contribution in [0.15, 0.2) is 17.0 Å². The van der Waals surface area contributed by atoms with Gasteiger partial charge < -0.3 is 0 Å². The summed E-state index contributed by atoms with van der Waals surface area (Å²) in [5, 5.41) is 0. The summed E-state index contributed by atoms with van der Waals surface area (Å²) in [6, 6.07) is 0.